The van der Waals surface area contributed by atoms with Crippen LogP contribution < -0.4 is 5.32 Å². The number of halogens is 1. The minimum atomic E-state index is -0.156. The third-order valence-corrected chi connectivity index (χ3v) is 4.24. The quantitative estimate of drug-likeness (QED) is 0.869. The van der Waals surface area contributed by atoms with Gasteiger partial charge in [-0.15, -0.1) is 0 Å². The monoisotopic (exact) mass is 249 g/mol. The molecule has 0 aliphatic carbocycles. The highest BCUT2D eigenvalue weighted by atomic mass is 19.1. The van der Waals surface area contributed by atoms with E-state index in [1.54, 1.807) is 12.1 Å². The van der Waals surface area contributed by atoms with Crippen LogP contribution in [0, 0.1) is 11.7 Å². The zero-order chi connectivity index (χ0) is 12.4. The number of hydrogen-bond donors (Lipinski definition) is 1. The van der Waals surface area contributed by atoms with Gasteiger partial charge in [-0.1, -0.05) is 12.1 Å². The molecule has 1 aromatic rings. The van der Waals surface area contributed by atoms with E-state index in [1.165, 1.54) is 5.56 Å². The molecule has 0 bridgehead atoms. The molecule has 1 unspecified atom stereocenters. The average molecular weight is 249 g/mol. The molecular formula is C15H20FNO. The average Bonchev–Trinajstić information content (AvgIpc) is 2.76. The van der Waals surface area contributed by atoms with Gasteiger partial charge >= 0.3 is 0 Å². The molecule has 2 fully saturated rings. The van der Waals surface area contributed by atoms with Crippen LogP contribution in [0.4, 0.5) is 4.39 Å². The van der Waals surface area contributed by atoms with E-state index in [0.717, 1.165) is 45.4 Å². The number of rotatable bonds is 2. The second kappa shape index (κ2) is 4.98. The lowest BCUT2D eigenvalue weighted by atomic mass is 9.84. The molecule has 98 valence electrons. The lowest BCUT2D eigenvalue weighted by Gasteiger charge is -2.33. The second-order valence-corrected chi connectivity index (χ2v) is 5.64. The number of hydrogen-bond acceptors (Lipinski definition) is 2. The minimum absolute atomic E-state index is 0.135. The lowest BCUT2D eigenvalue weighted by molar-refractivity contribution is -0.0196. The molecule has 2 saturated heterocycles. The Hall–Kier alpha value is -0.930. The lowest BCUT2D eigenvalue weighted by Crippen LogP contribution is -2.41. The number of piperidine rings is 1. The van der Waals surface area contributed by atoms with Crippen LogP contribution in [0.3, 0.4) is 0 Å². The van der Waals surface area contributed by atoms with Crippen LogP contribution in [0.15, 0.2) is 24.3 Å². The SMILES string of the molecule is Fc1ccc(CC2COC3(CCNCC3)C2)cc1. The molecular weight excluding hydrogens is 229 g/mol. The van der Waals surface area contributed by atoms with E-state index in [-0.39, 0.29) is 11.4 Å². The Morgan fingerprint density at radius 2 is 1.94 bits per heavy atom. The van der Waals surface area contributed by atoms with Gasteiger partial charge in [0.1, 0.15) is 5.82 Å². The smallest absolute Gasteiger partial charge is 0.123 e. The number of benzene rings is 1. The standard InChI is InChI=1S/C15H20FNO/c16-14-3-1-12(2-4-14)9-13-10-15(18-11-13)5-7-17-8-6-15/h1-4,13,17H,5-11H2. The number of ether oxygens (including phenoxy) is 1. The van der Waals surface area contributed by atoms with E-state index >= 15 is 0 Å². The molecule has 18 heavy (non-hydrogen) atoms. The first-order valence-electron chi connectivity index (χ1n) is 6.85. The highest BCUT2D eigenvalue weighted by Gasteiger charge is 2.40. The van der Waals surface area contributed by atoms with Gasteiger partial charge in [0.25, 0.3) is 0 Å². The van der Waals surface area contributed by atoms with Gasteiger partial charge in [-0.05, 0) is 62.4 Å². The van der Waals surface area contributed by atoms with E-state index < -0.39 is 0 Å². The van der Waals surface area contributed by atoms with Crippen LogP contribution in [0.1, 0.15) is 24.8 Å². The topological polar surface area (TPSA) is 21.3 Å². The largest absolute Gasteiger partial charge is 0.375 e. The van der Waals surface area contributed by atoms with Crippen LogP contribution in [0.2, 0.25) is 0 Å². The molecule has 2 aliphatic rings. The molecule has 3 rings (SSSR count). The van der Waals surface area contributed by atoms with Crippen molar-refractivity contribution in [2.75, 3.05) is 19.7 Å². The fraction of sp³-hybridized carbons (Fsp3) is 0.600. The van der Waals surface area contributed by atoms with E-state index in [9.17, 15) is 4.39 Å². The molecule has 0 aromatic heterocycles. The highest BCUT2D eigenvalue weighted by Crippen LogP contribution is 2.38. The second-order valence-electron chi connectivity index (χ2n) is 5.64. The molecule has 1 atom stereocenters. The molecule has 0 amide bonds. The molecule has 2 nitrogen and oxygen atoms in total. The Morgan fingerprint density at radius 3 is 2.67 bits per heavy atom. The third-order valence-electron chi connectivity index (χ3n) is 4.24. The van der Waals surface area contributed by atoms with Crippen molar-refractivity contribution in [3.05, 3.63) is 35.6 Å². The summed E-state index contributed by atoms with van der Waals surface area (Å²) >= 11 is 0. The predicted octanol–water partition coefficient (Wildman–Crippen LogP) is 2.53. The highest BCUT2D eigenvalue weighted by molar-refractivity contribution is 5.17. The molecule has 1 N–H and O–H groups in total. The van der Waals surface area contributed by atoms with Crippen molar-refractivity contribution in [2.45, 2.75) is 31.3 Å². The van der Waals surface area contributed by atoms with E-state index in [4.69, 9.17) is 4.74 Å². The molecule has 3 heteroatoms. The maximum atomic E-state index is 12.9. The van der Waals surface area contributed by atoms with Gasteiger partial charge < -0.3 is 10.1 Å². The van der Waals surface area contributed by atoms with Gasteiger partial charge in [0.2, 0.25) is 0 Å². The third kappa shape index (κ3) is 2.57. The van der Waals surface area contributed by atoms with Crippen LogP contribution in [0.5, 0.6) is 0 Å². The fourth-order valence-corrected chi connectivity index (χ4v) is 3.25. The van der Waals surface area contributed by atoms with Crippen molar-refractivity contribution in [2.24, 2.45) is 5.92 Å². The van der Waals surface area contributed by atoms with Crippen molar-refractivity contribution in [1.82, 2.24) is 5.32 Å². The van der Waals surface area contributed by atoms with E-state index in [1.807, 2.05) is 12.1 Å². The van der Waals surface area contributed by atoms with Crippen LogP contribution in [-0.2, 0) is 11.2 Å². The zero-order valence-electron chi connectivity index (χ0n) is 10.6. The minimum Gasteiger partial charge on any atom is -0.375 e. The summed E-state index contributed by atoms with van der Waals surface area (Å²) in [5, 5.41) is 3.38. The van der Waals surface area contributed by atoms with Crippen molar-refractivity contribution >= 4 is 0 Å². The Morgan fingerprint density at radius 1 is 1.22 bits per heavy atom. The van der Waals surface area contributed by atoms with Crippen molar-refractivity contribution in [3.63, 3.8) is 0 Å². The summed E-state index contributed by atoms with van der Waals surface area (Å²) in [5.41, 5.74) is 1.35. The van der Waals surface area contributed by atoms with Gasteiger partial charge in [-0.3, -0.25) is 0 Å². The summed E-state index contributed by atoms with van der Waals surface area (Å²) in [7, 11) is 0. The Balaban J connectivity index is 1.60. The first-order chi connectivity index (χ1) is 8.76. The maximum Gasteiger partial charge on any atom is 0.123 e. The summed E-state index contributed by atoms with van der Waals surface area (Å²) in [4.78, 5) is 0. The normalized spacial score (nSPS) is 26.6. The van der Waals surface area contributed by atoms with Crippen LogP contribution in [-0.4, -0.2) is 25.3 Å². The molecule has 1 spiro atoms. The first-order valence-corrected chi connectivity index (χ1v) is 6.85. The Bertz CT molecular complexity index is 397. The van der Waals surface area contributed by atoms with Crippen LogP contribution in [0.25, 0.3) is 0 Å². The van der Waals surface area contributed by atoms with E-state index in [2.05, 4.69) is 5.32 Å². The molecule has 0 saturated carbocycles. The summed E-state index contributed by atoms with van der Waals surface area (Å²) in [6.07, 6.45) is 4.43. The number of nitrogens with one attached hydrogen (secondary N) is 1. The zero-order valence-corrected chi connectivity index (χ0v) is 10.6. The van der Waals surface area contributed by atoms with Crippen LogP contribution >= 0.6 is 0 Å². The van der Waals surface area contributed by atoms with Gasteiger partial charge in [0.05, 0.1) is 12.2 Å². The van der Waals surface area contributed by atoms with Gasteiger partial charge in [-0.2, -0.15) is 0 Å². The molecule has 0 radical (unpaired) electrons. The van der Waals surface area contributed by atoms with Gasteiger partial charge in [0, 0.05) is 0 Å². The summed E-state index contributed by atoms with van der Waals surface area (Å²) < 4.78 is 18.9. The van der Waals surface area contributed by atoms with E-state index in [0.29, 0.717) is 5.92 Å². The fourth-order valence-electron chi connectivity index (χ4n) is 3.25. The summed E-state index contributed by atoms with van der Waals surface area (Å²) in [6.45, 7) is 3.00. The summed E-state index contributed by atoms with van der Waals surface area (Å²) in [5.74, 6) is 0.435. The predicted molar refractivity (Wildman–Crippen MR) is 69.0 cm³/mol. The van der Waals surface area contributed by atoms with Crippen molar-refractivity contribution in [1.29, 1.82) is 0 Å². The molecule has 2 aliphatic heterocycles. The Kier molecular flexibility index (Phi) is 3.35. The Labute approximate surface area is 108 Å². The first kappa shape index (κ1) is 12.1. The molecule has 1 aromatic carbocycles. The summed E-state index contributed by atoms with van der Waals surface area (Å²) in [6, 6.07) is 6.88. The molecule has 2 heterocycles. The maximum absolute atomic E-state index is 12.9. The van der Waals surface area contributed by atoms with Crippen molar-refractivity contribution < 1.29 is 9.13 Å². The van der Waals surface area contributed by atoms with Gasteiger partial charge in [-0.25, -0.2) is 4.39 Å². The van der Waals surface area contributed by atoms with Gasteiger partial charge in [0.15, 0.2) is 0 Å². The van der Waals surface area contributed by atoms with Crippen molar-refractivity contribution in [3.8, 4) is 0 Å².